The standard InChI is InChI=1S/C8H22N2O3Si.C8H20N2O3Si.4C2H4O2.2CH4.2Cu/c2*1-11-14(12-2,13-3)8-4-6-10-7-5-9;4*1-2(3)4;;;;/h10H,4-9H2,1-3H3;9H,4-8H2,1-3H3;4*1H3,(H,3,4);2*1H4;;/q;-2;;;;;;;;+2. The Bertz CT molecular complexity index is 564. The number of carboxylic acids is 4. The first-order valence-electron chi connectivity index (χ1n) is 13.2. The Morgan fingerprint density at radius 1 is 0.646 bits per heavy atom. The van der Waals surface area contributed by atoms with Gasteiger partial charge in [0.1, 0.15) is 0 Å². The number of hydrogen-bond donors (Lipinski definition) is 6. The number of nitrogens with zero attached hydrogens (tertiary/aromatic N) is 1. The summed E-state index contributed by atoms with van der Waals surface area (Å²) in [6.45, 7) is 8.50. The van der Waals surface area contributed by atoms with Crippen molar-refractivity contribution in [3.05, 3.63) is 11.1 Å². The van der Waals surface area contributed by atoms with Crippen LogP contribution in [-0.2, 0) is 79.9 Å². The van der Waals surface area contributed by atoms with Gasteiger partial charge in [0.25, 0.3) is 23.9 Å². The summed E-state index contributed by atoms with van der Waals surface area (Å²) in [6, 6.07) is 1.60. The molecule has 0 spiro atoms. The van der Waals surface area contributed by atoms with E-state index in [1.165, 1.54) is 0 Å². The second-order valence-electron chi connectivity index (χ2n) is 7.83. The van der Waals surface area contributed by atoms with Crippen LogP contribution in [0.1, 0.15) is 55.4 Å². The molecule has 0 aromatic carbocycles. The van der Waals surface area contributed by atoms with E-state index in [2.05, 4.69) is 10.6 Å². The molecule has 2 radical (unpaired) electrons. The monoisotopic (exact) mass is 840 g/mol. The van der Waals surface area contributed by atoms with Gasteiger partial charge in [-0.05, 0) is 13.0 Å². The molecule has 0 aromatic heterocycles. The molecular weight excluding hydrogens is 776 g/mol. The Kier molecular flexibility index (Phi) is 83.8. The molecule has 0 unspecified atom stereocenters. The van der Waals surface area contributed by atoms with Crippen LogP contribution in [0.15, 0.2) is 0 Å². The van der Waals surface area contributed by atoms with Gasteiger partial charge in [0.2, 0.25) is 0 Å². The SMILES string of the molecule is C.C.CC(=O)O.CC(=O)O.CC(=O)O.CC(=O)O.CO[Si](CCCNCCN)(OC)OC.CO[Si](CCC[N-]CC[NH-])(OC)OC.[Cu+2].[Cu]. The van der Waals surface area contributed by atoms with Crippen molar-refractivity contribution in [1.29, 1.82) is 0 Å². The minimum atomic E-state index is -2.38. The van der Waals surface area contributed by atoms with Crippen molar-refractivity contribution in [3.8, 4) is 0 Å². The molecule has 8 N–H and O–H groups in total. The molecule has 0 aliphatic rings. The predicted molar refractivity (Wildman–Crippen MR) is 183 cm³/mol. The van der Waals surface area contributed by atoms with Crippen LogP contribution in [-0.4, -0.2) is 144 Å². The summed E-state index contributed by atoms with van der Waals surface area (Å²) in [5, 5.41) is 37.0. The second-order valence-corrected chi connectivity index (χ2v) is 14.0. The average molecular weight is 842 g/mol. The molecule has 0 saturated heterocycles. The molecular formula is C26H66Cu2N4O14Si2. The Morgan fingerprint density at radius 2 is 0.917 bits per heavy atom. The van der Waals surface area contributed by atoms with Crippen LogP contribution in [0.25, 0.3) is 11.1 Å². The van der Waals surface area contributed by atoms with E-state index in [9.17, 15) is 0 Å². The topological polar surface area (TPSA) is 281 Å². The van der Waals surface area contributed by atoms with Gasteiger partial charge < -0.3 is 69.1 Å². The number of rotatable bonds is 18. The first-order chi connectivity index (χ1) is 20.4. The molecule has 0 rings (SSSR count). The van der Waals surface area contributed by atoms with Crippen molar-refractivity contribution in [1.82, 2.24) is 5.32 Å². The maximum atomic E-state index is 9.00. The molecule has 0 amide bonds. The van der Waals surface area contributed by atoms with Crippen LogP contribution >= 0.6 is 0 Å². The van der Waals surface area contributed by atoms with Crippen molar-refractivity contribution < 1.29 is 100 Å². The first-order valence-corrected chi connectivity index (χ1v) is 17.1. The van der Waals surface area contributed by atoms with Crippen LogP contribution < -0.4 is 11.1 Å². The zero-order valence-corrected chi connectivity index (χ0v) is 32.5. The maximum Gasteiger partial charge on any atom is 2.00 e. The molecule has 0 atom stereocenters. The fourth-order valence-electron chi connectivity index (χ4n) is 2.37. The maximum absolute atomic E-state index is 9.00. The molecule has 0 aliphatic carbocycles. The van der Waals surface area contributed by atoms with E-state index in [1.807, 2.05) is 0 Å². The van der Waals surface area contributed by atoms with Crippen molar-refractivity contribution in [2.75, 3.05) is 81.9 Å². The summed E-state index contributed by atoms with van der Waals surface area (Å²) < 4.78 is 31.6. The zero-order valence-electron chi connectivity index (χ0n) is 28.6. The average Bonchev–Trinajstić information content (AvgIpc) is 2.93. The molecule has 0 aromatic rings. The van der Waals surface area contributed by atoms with E-state index in [0.29, 0.717) is 19.6 Å². The normalized spacial score (nSPS) is 9.08. The third-order valence-electron chi connectivity index (χ3n) is 4.09. The van der Waals surface area contributed by atoms with Gasteiger partial charge in [0.05, 0.1) is 0 Å². The van der Waals surface area contributed by atoms with Crippen molar-refractivity contribution >= 4 is 41.5 Å². The van der Waals surface area contributed by atoms with Crippen LogP contribution in [0, 0.1) is 0 Å². The number of carbonyl (C=O) groups is 4. The van der Waals surface area contributed by atoms with Gasteiger partial charge in [-0.2, -0.15) is 13.1 Å². The molecule has 0 aliphatic heterocycles. The quantitative estimate of drug-likeness (QED) is 0.0854. The van der Waals surface area contributed by atoms with E-state index < -0.39 is 41.5 Å². The van der Waals surface area contributed by atoms with Crippen molar-refractivity contribution in [2.24, 2.45) is 5.73 Å². The number of carboxylic acid groups (broad SMARTS) is 4. The van der Waals surface area contributed by atoms with E-state index in [0.717, 1.165) is 72.3 Å². The molecule has 0 fully saturated rings. The van der Waals surface area contributed by atoms with Crippen LogP contribution in [0.3, 0.4) is 0 Å². The fraction of sp³-hybridized carbons (Fsp3) is 0.846. The molecule has 18 nitrogen and oxygen atoms in total. The van der Waals surface area contributed by atoms with Gasteiger partial charge in [0, 0.05) is 113 Å². The molecule has 48 heavy (non-hydrogen) atoms. The van der Waals surface area contributed by atoms with E-state index in [4.69, 9.17) is 77.6 Å². The number of nitrogens with two attached hydrogens (primary N) is 1. The van der Waals surface area contributed by atoms with Gasteiger partial charge >= 0.3 is 34.7 Å². The summed E-state index contributed by atoms with van der Waals surface area (Å²) in [6.07, 6.45) is 1.86. The van der Waals surface area contributed by atoms with Crippen molar-refractivity contribution in [2.45, 2.75) is 67.5 Å². The molecule has 304 valence electrons. The summed E-state index contributed by atoms with van der Waals surface area (Å²) in [5.41, 5.74) is 12.3. The minimum Gasteiger partial charge on any atom is -0.679 e. The van der Waals surface area contributed by atoms with Crippen LogP contribution in [0.5, 0.6) is 0 Å². The summed E-state index contributed by atoms with van der Waals surface area (Å²) >= 11 is 0. The Morgan fingerprint density at radius 3 is 1.15 bits per heavy atom. The fourth-order valence-corrected chi connectivity index (χ4v) is 5.79. The minimum absolute atomic E-state index is 0. The van der Waals surface area contributed by atoms with Gasteiger partial charge in [-0.3, -0.25) is 19.2 Å². The van der Waals surface area contributed by atoms with Crippen LogP contribution in [0.2, 0.25) is 12.1 Å². The summed E-state index contributed by atoms with van der Waals surface area (Å²) in [4.78, 5) is 36.0. The summed E-state index contributed by atoms with van der Waals surface area (Å²) in [5.74, 6) is -3.33. The second kappa shape index (κ2) is 55.4. The van der Waals surface area contributed by atoms with Crippen LogP contribution in [0.4, 0.5) is 0 Å². The Hall–Kier alpha value is -1.05. The predicted octanol–water partition coefficient (Wildman–Crippen LogP) is 3.11. The largest absolute Gasteiger partial charge is 2.00 e. The number of aliphatic carboxylic acids is 4. The van der Waals surface area contributed by atoms with Gasteiger partial charge in [-0.25, -0.2) is 0 Å². The van der Waals surface area contributed by atoms with Gasteiger partial charge in [0.15, 0.2) is 0 Å². The molecule has 0 heterocycles. The molecule has 22 heteroatoms. The van der Waals surface area contributed by atoms with E-state index in [-0.39, 0.29) is 49.0 Å². The zero-order chi connectivity index (χ0) is 36.0. The van der Waals surface area contributed by atoms with E-state index >= 15 is 0 Å². The number of hydrogen-bond acceptors (Lipinski definition) is 12. The Labute approximate surface area is 312 Å². The molecule has 0 bridgehead atoms. The van der Waals surface area contributed by atoms with Gasteiger partial charge in [-0.1, -0.05) is 21.3 Å². The van der Waals surface area contributed by atoms with Crippen molar-refractivity contribution in [3.63, 3.8) is 0 Å². The Balaban J connectivity index is -0.0000000493. The van der Waals surface area contributed by atoms with Gasteiger partial charge in [-0.15, -0.1) is 6.54 Å². The third-order valence-corrected chi connectivity index (χ3v) is 9.76. The van der Waals surface area contributed by atoms with E-state index in [1.54, 1.807) is 42.7 Å². The third kappa shape index (κ3) is 80.0. The number of nitrogens with one attached hydrogen (secondary N) is 2. The first kappa shape index (κ1) is 72.6. The molecule has 0 saturated carbocycles. The smallest absolute Gasteiger partial charge is 0.679 e. The summed E-state index contributed by atoms with van der Waals surface area (Å²) in [7, 11) is 4.99.